The first kappa shape index (κ1) is 15.5. The summed E-state index contributed by atoms with van der Waals surface area (Å²) < 4.78 is 30.4. The summed E-state index contributed by atoms with van der Waals surface area (Å²) in [5.41, 5.74) is 7.98. The summed E-state index contributed by atoms with van der Waals surface area (Å²) in [7, 11) is -4.63. The van der Waals surface area contributed by atoms with Gasteiger partial charge in [-0.1, -0.05) is 18.2 Å². The number of hydrogen-bond acceptors (Lipinski definition) is 6. The highest BCUT2D eigenvalue weighted by Gasteiger charge is 2.28. The van der Waals surface area contributed by atoms with Crippen molar-refractivity contribution >= 4 is 44.0 Å². The standard InChI is InChI=1S/C13H12BBrN2O4S/c15-12-4-10(16)5-17-13(12)22(19,20)7-8-1-2-9-6-21-14(18)11(9)3-8/h1-5,18H,6-7,16H2. The van der Waals surface area contributed by atoms with E-state index in [2.05, 4.69) is 20.9 Å². The zero-order chi connectivity index (χ0) is 15.9. The van der Waals surface area contributed by atoms with Gasteiger partial charge >= 0.3 is 7.12 Å². The number of hydrogen-bond donors (Lipinski definition) is 2. The van der Waals surface area contributed by atoms with E-state index >= 15 is 0 Å². The number of pyridine rings is 1. The number of sulfone groups is 1. The summed E-state index contributed by atoms with van der Waals surface area (Å²) in [6.07, 6.45) is 1.30. The van der Waals surface area contributed by atoms with Crippen molar-refractivity contribution in [2.75, 3.05) is 5.73 Å². The van der Waals surface area contributed by atoms with E-state index in [4.69, 9.17) is 10.4 Å². The number of halogens is 1. The van der Waals surface area contributed by atoms with Crippen molar-refractivity contribution < 1.29 is 18.1 Å². The van der Waals surface area contributed by atoms with Gasteiger partial charge in [0.15, 0.2) is 5.03 Å². The van der Waals surface area contributed by atoms with E-state index in [1.165, 1.54) is 12.3 Å². The van der Waals surface area contributed by atoms with Crippen LogP contribution in [0.2, 0.25) is 0 Å². The Bertz CT molecular complexity index is 844. The van der Waals surface area contributed by atoms with Gasteiger partial charge < -0.3 is 15.4 Å². The van der Waals surface area contributed by atoms with Crippen molar-refractivity contribution in [1.29, 1.82) is 0 Å². The fourth-order valence-corrected chi connectivity index (χ4v) is 4.74. The molecular weight excluding hydrogens is 371 g/mol. The fourth-order valence-electron chi connectivity index (χ4n) is 2.31. The lowest BCUT2D eigenvalue weighted by atomic mass is 9.79. The minimum absolute atomic E-state index is 0.0565. The number of nitrogens with zero attached hydrogens (tertiary/aromatic N) is 1. The lowest BCUT2D eigenvalue weighted by Crippen LogP contribution is -2.28. The van der Waals surface area contributed by atoms with Crippen molar-refractivity contribution in [2.24, 2.45) is 0 Å². The van der Waals surface area contributed by atoms with Crippen molar-refractivity contribution in [1.82, 2.24) is 4.98 Å². The molecule has 0 unspecified atom stereocenters. The molecule has 0 spiro atoms. The maximum atomic E-state index is 12.5. The lowest BCUT2D eigenvalue weighted by Gasteiger charge is -2.08. The average Bonchev–Trinajstić information content (AvgIpc) is 2.79. The SMILES string of the molecule is Nc1cnc(S(=O)(=O)Cc2ccc3c(c2)B(O)OC3)c(Br)c1. The van der Waals surface area contributed by atoms with E-state index in [1.807, 2.05) is 0 Å². The molecule has 0 saturated carbocycles. The minimum atomic E-state index is -3.63. The molecule has 3 N–H and O–H groups in total. The molecule has 0 bridgehead atoms. The second-order valence-corrected chi connectivity index (χ2v) is 7.77. The Morgan fingerprint density at radius 3 is 2.91 bits per heavy atom. The van der Waals surface area contributed by atoms with Crippen LogP contribution in [0.4, 0.5) is 5.69 Å². The van der Waals surface area contributed by atoms with Crippen molar-refractivity contribution in [3.63, 3.8) is 0 Å². The van der Waals surface area contributed by atoms with Gasteiger partial charge in [-0.05, 0) is 38.6 Å². The van der Waals surface area contributed by atoms with Crippen LogP contribution in [-0.2, 0) is 26.9 Å². The van der Waals surface area contributed by atoms with Crippen molar-refractivity contribution in [3.05, 3.63) is 46.1 Å². The second kappa shape index (κ2) is 5.66. The van der Waals surface area contributed by atoms with Gasteiger partial charge in [-0.25, -0.2) is 13.4 Å². The predicted molar refractivity (Wildman–Crippen MR) is 86.1 cm³/mol. The molecule has 6 nitrogen and oxygen atoms in total. The number of anilines is 1. The molecule has 1 aromatic carbocycles. The monoisotopic (exact) mass is 382 g/mol. The molecule has 1 aliphatic heterocycles. The molecule has 22 heavy (non-hydrogen) atoms. The zero-order valence-electron chi connectivity index (χ0n) is 11.4. The van der Waals surface area contributed by atoms with Gasteiger partial charge in [0.25, 0.3) is 0 Å². The highest BCUT2D eigenvalue weighted by atomic mass is 79.9. The van der Waals surface area contributed by atoms with Crippen LogP contribution < -0.4 is 11.2 Å². The third kappa shape index (κ3) is 2.89. The smallest absolute Gasteiger partial charge is 0.423 e. The normalized spacial score (nSPS) is 14.2. The van der Waals surface area contributed by atoms with E-state index < -0.39 is 17.0 Å². The highest BCUT2D eigenvalue weighted by molar-refractivity contribution is 9.10. The van der Waals surface area contributed by atoms with E-state index in [0.29, 0.717) is 27.8 Å². The van der Waals surface area contributed by atoms with Gasteiger partial charge in [0.05, 0.1) is 28.7 Å². The van der Waals surface area contributed by atoms with Gasteiger partial charge in [0, 0.05) is 0 Å². The first-order chi connectivity index (χ1) is 10.4. The molecule has 0 fully saturated rings. The summed E-state index contributed by atoms with van der Waals surface area (Å²) in [4.78, 5) is 3.90. The Morgan fingerprint density at radius 2 is 2.18 bits per heavy atom. The molecule has 3 rings (SSSR count). The van der Waals surface area contributed by atoms with Crippen LogP contribution >= 0.6 is 15.9 Å². The topological polar surface area (TPSA) is 103 Å². The van der Waals surface area contributed by atoms with Crippen molar-refractivity contribution in [2.45, 2.75) is 17.4 Å². The first-order valence-corrected chi connectivity index (χ1v) is 8.86. The van der Waals surface area contributed by atoms with Crippen LogP contribution in [0.3, 0.4) is 0 Å². The van der Waals surface area contributed by atoms with Crippen LogP contribution in [-0.4, -0.2) is 25.5 Å². The molecule has 0 amide bonds. The molecule has 2 heterocycles. The number of nitrogens with two attached hydrogens (primary N) is 1. The second-order valence-electron chi connectivity index (χ2n) is 5.01. The molecule has 2 aromatic rings. The maximum Gasteiger partial charge on any atom is 0.491 e. The first-order valence-electron chi connectivity index (χ1n) is 6.42. The van der Waals surface area contributed by atoms with E-state index in [0.717, 1.165) is 5.56 Å². The molecule has 0 saturated heterocycles. The maximum absolute atomic E-state index is 12.5. The van der Waals surface area contributed by atoms with Crippen molar-refractivity contribution in [3.8, 4) is 0 Å². The summed E-state index contributed by atoms with van der Waals surface area (Å²) in [5.74, 6) is -0.220. The quantitative estimate of drug-likeness (QED) is 0.754. The van der Waals surface area contributed by atoms with E-state index in [-0.39, 0.29) is 10.8 Å². The van der Waals surface area contributed by atoms with Crippen LogP contribution in [0, 0.1) is 0 Å². The number of aromatic nitrogens is 1. The Morgan fingerprint density at radius 1 is 1.41 bits per heavy atom. The molecule has 114 valence electrons. The number of fused-ring (bicyclic) bond motifs is 1. The predicted octanol–water partition coefficient (Wildman–Crippen LogP) is 0.618. The Hall–Kier alpha value is -1.42. The summed E-state index contributed by atoms with van der Waals surface area (Å²) in [6.45, 7) is 0.328. The summed E-state index contributed by atoms with van der Waals surface area (Å²) >= 11 is 3.17. The van der Waals surface area contributed by atoms with Crippen LogP contribution in [0.15, 0.2) is 40.0 Å². The third-order valence-corrected chi connectivity index (χ3v) is 5.85. The zero-order valence-corrected chi connectivity index (χ0v) is 13.8. The third-order valence-electron chi connectivity index (χ3n) is 3.35. The fraction of sp³-hybridized carbons (Fsp3) is 0.154. The van der Waals surface area contributed by atoms with Gasteiger partial charge in [-0.2, -0.15) is 0 Å². The molecule has 1 aromatic heterocycles. The highest BCUT2D eigenvalue weighted by Crippen LogP contribution is 2.25. The molecular formula is C13H12BBrN2O4S. The van der Waals surface area contributed by atoms with Crippen LogP contribution in [0.1, 0.15) is 11.1 Å². The van der Waals surface area contributed by atoms with E-state index in [1.54, 1.807) is 18.2 Å². The Balaban J connectivity index is 1.93. The molecule has 0 atom stereocenters. The average molecular weight is 383 g/mol. The minimum Gasteiger partial charge on any atom is -0.423 e. The number of nitrogen functional groups attached to an aromatic ring is 1. The van der Waals surface area contributed by atoms with Crippen LogP contribution in [0.25, 0.3) is 0 Å². The molecule has 9 heteroatoms. The lowest BCUT2D eigenvalue weighted by molar-refractivity contribution is 0.275. The number of rotatable bonds is 3. The summed E-state index contributed by atoms with van der Waals surface area (Å²) in [6, 6.07) is 6.63. The van der Waals surface area contributed by atoms with Gasteiger partial charge in [0.1, 0.15) is 0 Å². The number of benzene rings is 1. The van der Waals surface area contributed by atoms with Crippen LogP contribution in [0.5, 0.6) is 0 Å². The van der Waals surface area contributed by atoms with Gasteiger partial charge in [-0.3, -0.25) is 0 Å². The summed E-state index contributed by atoms with van der Waals surface area (Å²) in [5, 5.41) is 9.63. The van der Waals surface area contributed by atoms with Gasteiger partial charge in [0.2, 0.25) is 9.84 Å². The largest absolute Gasteiger partial charge is 0.491 e. The Labute approximate surface area is 136 Å². The molecule has 1 aliphatic rings. The van der Waals surface area contributed by atoms with E-state index in [9.17, 15) is 13.4 Å². The molecule has 0 aliphatic carbocycles. The molecule has 0 radical (unpaired) electrons. The van der Waals surface area contributed by atoms with Gasteiger partial charge in [-0.15, -0.1) is 0 Å². The Kier molecular flexibility index (Phi) is 3.98.